The molecule has 7 nitrogen and oxygen atoms in total. The first-order valence-corrected chi connectivity index (χ1v) is 6.21. The van der Waals surface area contributed by atoms with Crippen LogP contribution in [0.25, 0.3) is 10.9 Å². The Morgan fingerprint density at radius 1 is 1.33 bits per heavy atom. The molecule has 106 valence electrons. The Morgan fingerprint density at radius 3 is 3.05 bits per heavy atom. The van der Waals surface area contributed by atoms with E-state index in [-0.39, 0.29) is 12.3 Å². The minimum absolute atomic E-state index is 0.104. The topological polar surface area (TPSA) is 103 Å². The summed E-state index contributed by atoms with van der Waals surface area (Å²) in [4.78, 5) is 15.6. The number of rotatable bonds is 4. The van der Waals surface area contributed by atoms with Gasteiger partial charge in [-0.15, -0.1) is 0 Å². The number of fused-ring (bicyclic) bond motifs is 1. The number of hydrazine groups is 1. The first kappa shape index (κ1) is 13.1. The second kappa shape index (κ2) is 5.59. The lowest BCUT2D eigenvalue weighted by atomic mass is 10.2. The summed E-state index contributed by atoms with van der Waals surface area (Å²) in [5.74, 6) is 5.55. The van der Waals surface area contributed by atoms with Crippen molar-refractivity contribution in [2.45, 2.75) is 6.61 Å². The Labute approximate surface area is 119 Å². The zero-order valence-electron chi connectivity index (χ0n) is 10.9. The number of hydrogen-bond acceptors (Lipinski definition) is 6. The minimum Gasteiger partial charge on any atom is -0.483 e. The molecule has 0 aliphatic carbocycles. The molecule has 3 N–H and O–H groups in total. The summed E-state index contributed by atoms with van der Waals surface area (Å²) in [5, 5.41) is 4.58. The lowest BCUT2D eigenvalue weighted by Crippen LogP contribution is -2.30. The van der Waals surface area contributed by atoms with Gasteiger partial charge < -0.3 is 9.26 Å². The summed E-state index contributed by atoms with van der Waals surface area (Å²) in [5.41, 5.74) is 2.85. The van der Waals surface area contributed by atoms with Crippen LogP contribution in [0.2, 0.25) is 0 Å². The van der Waals surface area contributed by atoms with Gasteiger partial charge in [0.25, 0.3) is 5.91 Å². The van der Waals surface area contributed by atoms with E-state index in [0.29, 0.717) is 11.5 Å². The maximum absolute atomic E-state index is 11.3. The van der Waals surface area contributed by atoms with Crippen molar-refractivity contribution >= 4 is 16.8 Å². The molecule has 0 fully saturated rings. The molecular weight excluding hydrogens is 272 g/mol. The molecule has 3 aromatic rings. The second-order valence-corrected chi connectivity index (χ2v) is 4.27. The van der Waals surface area contributed by atoms with E-state index in [1.165, 1.54) is 6.07 Å². The first-order chi connectivity index (χ1) is 10.3. The highest BCUT2D eigenvalue weighted by Crippen LogP contribution is 2.23. The average molecular weight is 284 g/mol. The van der Waals surface area contributed by atoms with Gasteiger partial charge in [-0.25, -0.2) is 5.84 Å². The van der Waals surface area contributed by atoms with Gasteiger partial charge in [0, 0.05) is 17.6 Å². The van der Waals surface area contributed by atoms with E-state index in [2.05, 4.69) is 10.1 Å². The fraction of sp³-hybridized carbons (Fsp3) is 0.0714. The van der Waals surface area contributed by atoms with Gasteiger partial charge >= 0.3 is 0 Å². The van der Waals surface area contributed by atoms with Crippen LogP contribution in [0.15, 0.2) is 47.1 Å². The number of carbonyl (C=O) groups excluding carboxylic acids is 1. The number of nitrogen functional groups attached to an aromatic ring is 1. The zero-order chi connectivity index (χ0) is 14.7. The minimum atomic E-state index is -0.517. The number of nitrogens with zero attached hydrogens (tertiary/aromatic N) is 2. The third-order valence-electron chi connectivity index (χ3n) is 2.89. The summed E-state index contributed by atoms with van der Waals surface area (Å²) in [6, 6.07) is 10.9. The maximum atomic E-state index is 11.3. The van der Waals surface area contributed by atoms with Crippen LogP contribution in [-0.2, 0) is 6.61 Å². The van der Waals surface area contributed by atoms with Crippen LogP contribution in [0.4, 0.5) is 0 Å². The van der Waals surface area contributed by atoms with Crippen LogP contribution in [0.3, 0.4) is 0 Å². The normalized spacial score (nSPS) is 10.5. The fourth-order valence-corrected chi connectivity index (χ4v) is 1.90. The van der Waals surface area contributed by atoms with Crippen molar-refractivity contribution < 1.29 is 14.1 Å². The lowest BCUT2D eigenvalue weighted by molar-refractivity contribution is 0.0944. The van der Waals surface area contributed by atoms with Gasteiger partial charge in [0.15, 0.2) is 11.5 Å². The summed E-state index contributed by atoms with van der Waals surface area (Å²) < 4.78 is 10.7. The number of ether oxygens (including phenoxy) is 1. The molecule has 0 aliphatic heterocycles. The number of amides is 1. The van der Waals surface area contributed by atoms with Crippen molar-refractivity contribution in [1.29, 1.82) is 0 Å². The van der Waals surface area contributed by atoms with E-state index >= 15 is 0 Å². The molecule has 0 bridgehead atoms. The molecule has 3 rings (SSSR count). The molecule has 0 radical (unpaired) electrons. The second-order valence-electron chi connectivity index (χ2n) is 4.27. The van der Waals surface area contributed by atoms with Crippen LogP contribution in [-0.4, -0.2) is 16.0 Å². The molecule has 0 aliphatic rings. The van der Waals surface area contributed by atoms with E-state index in [4.69, 9.17) is 15.1 Å². The fourth-order valence-electron chi connectivity index (χ4n) is 1.90. The summed E-state index contributed by atoms with van der Waals surface area (Å²) in [6.07, 6.45) is 1.70. The summed E-state index contributed by atoms with van der Waals surface area (Å²) in [6.45, 7) is 0.139. The molecule has 1 amide bonds. The van der Waals surface area contributed by atoms with Crippen molar-refractivity contribution in [3.63, 3.8) is 0 Å². The third kappa shape index (κ3) is 2.67. The maximum Gasteiger partial charge on any atom is 0.287 e. The molecule has 1 aromatic carbocycles. The van der Waals surface area contributed by atoms with Crippen LogP contribution in [0.1, 0.15) is 16.2 Å². The number of nitrogens with two attached hydrogens (primary N) is 1. The highest BCUT2D eigenvalue weighted by Gasteiger charge is 2.12. The number of nitrogens with one attached hydrogen (secondary N) is 1. The van der Waals surface area contributed by atoms with Crippen molar-refractivity contribution in [1.82, 2.24) is 15.6 Å². The van der Waals surface area contributed by atoms with Crippen LogP contribution in [0.5, 0.6) is 5.75 Å². The average Bonchev–Trinajstić information content (AvgIpc) is 3.01. The highest BCUT2D eigenvalue weighted by molar-refractivity contribution is 5.91. The van der Waals surface area contributed by atoms with Gasteiger partial charge in [-0.1, -0.05) is 23.4 Å². The van der Waals surface area contributed by atoms with E-state index < -0.39 is 5.91 Å². The van der Waals surface area contributed by atoms with E-state index in [9.17, 15) is 4.79 Å². The van der Waals surface area contributed by atoms with Crippen molar-refractivity contribution in [2.24, 2.45) is 5.84 Å². The molecular formula is C14H12N4O3. The molecule has 0 unspecified atom stereocenters. The summed E-state index contributed by atoms with van der Waals surface area (Å²) in [7, 11) is 0. The van der Waals surface area contributed by atoms with Crippen LogP contribution < -0.4 is 16.0 Å². The quantitative estimate of drug-likeness (QED) is 0.426. The lowest BCUT2D eigenvalue weighted by Gasteiger charge is -2.06. The van der Waals surface area contributed by atoms with Gasteiger partial charge in [0.2, 0.25) is 0 Å². The zero-order valence-corrected chi connectivity index (χ0v) is 10.9. The summed E-state index contributed by atoms with van der Waals surface area (Å²) >= 11 is 0. The Kier molecular flexibility index (Phi) is 3.48. The van der Waals surface area contributed by atoms with Gasteiger partial charge in [-0.2, -0.15) is 0 Å². The van der Waals surface area contributed by atoms with Crippen molar-refractivity contribution in [2.75, 3.05) is 0 Å². The van der Waals surface area contributed by atoms with Gasteiger partial charge in [0.1, 0.15) is 17.9 Å². The predicted octanol–water partition coefficient (Wildman–Crippen LogP) is 1.41. The molecule has 2 heterocycles. The standard InChI is InChI=1S/C14H12N4O3/c15-17-14(19)11-7-10(21-18-11)8-20-12-5-1-3-9-4-2-6-16-13(9)12/h1-7H,8,15H2,(H,17,19). The predicted molar refractivity (Wildman–Crippen MR) is 74.2 cm³/mol. The Morgan fingerprint density at radius 2 is 2.19 bits per heavy atom. The largest absolute Gasteiger partial charge is 0.483 e. The monoisotopic (exact) mass is 284 g/mol. The van der Waals surface area contributed by atoms with Gasteiger partial charge in [-0.05, 0) is 12.1 Å². The number of hydrogen-bond donors (Lipinski definition) is 2. The molecule has 0 saturated heterocycles. The Bertz CT molecular complexity index is 779. The molecule has 21 heavy (non-hydrogen) atoms. The molecule has 7 heteroatoms. The van der Waals surface area contributed by atoms with E-state index in [1.807, 2.05) is 35.8 Å². The Hall–Kier alpha value is -2.93. The molecule has 0 atom stereocenters. The van der Waals surface area contributed by atoms with Gasteiger partial charge in [0.05, 0.1) is 0 Å². The number of aromatic nitrogens is 2. The van der Waals surface area contributed by atoms with Crippen LogP contribution >= 0.6 is 0 Å². The number of benzene rings is 1. The first-order valence-electron chi connectivity index (χ1n) is 6.21. The van der Waals surface area contributed by atoms with Crippen molar-refractivity contribution in [3.05, 3.63) is 54.0 Å². The third-order valence-corrected chi connectivity index (χ3v) is 2.89. The number of para-hydroxylation sites is 1. The van der Waals surface area contributed by atoms with Crippen molar-refractivity contribution in [3.8, 4) is 5.75 Å². The molecule has 2 aromatic heterocycles. The van der Waals surface area contributed by atoms with E-state index in [0.717, 1.165) is 10.9 Å². The van der Waals surface area contributed by atoms with Crippen LogP contribution in [0, 0.1) is 0 Å². The number of pyridine rings is 1. The SMILES string of the molecule is NNC(=O)c1cc(COc2cccc3cccnc23)on1. The number of carbonyl (C=O) groups is 1. The smallest absolute Gasteiger partial charge is 0.287 e. The van der Waals surface area contributed by atoms with Gasteiger partial charge in [-0.3, -0.25) is 15.2 Å². The molecule has 0 spiro atoms. The molecule has 0 saturated carbocycles. The highest BCUT2D eigenvalue weighted by atomic mass is 16.5. The van der Waals surface area contributed by atoms with E-state index in [1.54, 1.807) is 6.20 Å². The Balaban J connectivity index is 1.77.